The summed E-state index contributed by atoms with van der Waals surface area (Å²) in [4.78, 5) is 16.3. The second-order valence-corrected chi connectivity index (χ2v) is 5.41. The third-order valence-corrected chi connectivity index (χ3v) is 4.10. The molecule has 2 aliphatic rings. The van der Waals surface area contributed by atoms with Crippen molar-refractivity contribution in [2.75, 3.05) is 39.8 Å². The van der Waals surface area contributed by atoms with Crippen molar-refractivity contribution in [3.8, 4) is 0 Å². The van der Waals surface area contributed by atoms with Gasteiger partial charge in [0.1, 0.15) is 0 Å². The third kappa shape index (κ3) is 2.90. The lowest BCUT2D eigenvalue weighted by molar-refractivity contribution is 0.148. The molecule has 2 amide bonds. The van der Waals surface area contributed by atoms with E-state index >= 15 is 0 Å². The molecule has 0 radical (unpaired) electrons. The Morgan fingerprint density at radius 2 is 1.82 bits per heavy atom. The highest BCUT2D eigenvalue weighted by Gasteiger charge is 2.35. The first-order valence-electron chi connectivity index (χ1n) is 6.61. The van der Waals surface area contributed by atoms with Gasteiger partial charge in [0.2, 0.25) is 0 Å². The molecule has 2 rings (SSSR count). The molecule has 2 aliphatic heterocycles. The Hall–Kier alpha value is -0.810. The molecule has 0 spiro atoms. The van der Waals surface area contributed by atoms with E-state index in [-0.39, 0.29) is 11.6 Å². The van der Waals surface area contributed by atoms with Gasteiger partial charge in [-0.15, -0.1) is 0 Å². The van der Waals surface area contributed by atoms with Crippen molar-refractivity contribution in [2.45, 2.75) is 31.2 Å². The summed E-state index contributed by atoms with van der Waals surface area (Å²) in [5.74, 6) is 0. The summed E-state index contributed by atoms with van der Waals surface area (Å²) in [6.45, 7) is 4.36. The zero-order chi connectivity index (χ0) is 12.3. The van der Waals surface area contributed by atoms with Gasteiger partial charge in [-0.2, -0.15) is 0 Å². The standard InChI is InChI=1S/C12H24N4O/c1-15-8-4-12(10-13,5-9-15)14-11(17)16-6-2-3-7-16/h2-10,13H2,1H3,(H,14,17). The topological polar surface area (TPSA) is 61.6 Å². The molecular weight excluding hydrogens is 216 g/mol. The van der Waals surface area contributed by atoms with E-state index in [1.807, 2.05) is 4.90 Å². The molecule has 5 nitrogen and oxygen atoms in total. The zero-order valence-corrected chi connectivity index (χ0v) is 10.7. The average molecular weight is 240 g/mol. The predicted octanol–water partition coefficient (Wildman–Crippen LogP) is 0.215. The number of nitrogens with zero attached hydrogens (tertiary/aromatic N) is 2. The summed E-state index contributed by atoms with van der Waals surface area (Å²) in [6, 6.07) is 0.0810. The van der Waals surface area contributed by atoms with Crippen LogP contribution in [0.15, 0.2) is 0 Å². The summed E-state index contributed by atoms with van der Waals surface area (Å²) in [5.41, 5.74) is 5.70. The first-order chi connectivity index (χ1) is 8.15. The normalized spacial score (nSPS) is 24.9. The lowest BCUT2D eigenvalue weighted by Crippen LogP contribution is -2.60. The first-order valence-corrected chi connectivity index (χ1v) is 6.61. The van der Waals surface area contributed by atoms with Crippen molar-refractivity contribution in [3.63, 3.8) is 0 Å². The monoisotopic (exact) mass is 240 g/mol. The summed E-state index contributed by atoms with van der Waals surface area (Å²) >= 11 is 0. The summed E-state index contributed by atoms with van der Waals surface area (Å²) < 4.78 is 0. The van der Waals surface area contributed by atoms with Gasteiger partial charge in [-0.3, -0.25) is 0 Å². The fraction of sp³-hybridized carbons (Fsp3) is 0.917. The number of nitrogens with one attached hydrogen (secondary N) is 1. The van der Waals surface area contributed by atoms with Crippen LogP contribution in [-0.4, -0.2) is 61.1 Å². The van der Waals surface area contributed by atoms with Crippen LogP contribution in [0.25, 0.3) is 0 Å². The molecule has 0 aromatic rings. The van der Waals surface area contributed by atoms with E-state index in [0.717, 1.165) is 51.9 Å². The summed E-state index contributed by atoms with van der Waals surface area (Å²) in [5, 5.41) is 3.18. The van der Waals surface area contributed by atoms with Crippen LogP contribution in [0.5, 0.6) is 0 Å². The van der Waals surface area contributed by atoms with E-state index in [4.69, 9.17) is 5.73 Å². The van der Waals surface area contributed by atoms with Crippen LogP contribution in [0.1, 0.15) is 25.7 Å². The minimum Gasteiger partial charge on any atom is -0.331 e. The maximum Gasteiger partial charge on any atom is 0.317 e. The van der Waals surface area contributed by atoms with Crippen LogP contribution < -0.4 is 11.1 Å². The molecule has 0 saturated carbocycles. The zero-order valence-electron chi connectivity index (χ0n) is 10.7. The van der Waals surface area contributed by atoms with E-state index in [2.05, 4.69) is 17.3 Å². The van der Waals surface area contributed by atoms with Crippen molar-refractivity contribution < 1.29 is 4.79 Å². The van der Waals surface area contributed by atoms with E-state index in [9.17, 15) is 4.79 Å². The van der Waals surface area contributed by atoms with Gasteiger partial charge in [0.25, 0.3) is 0 Å². The van der Waals surface area contributed by atoms with Gasteiger partial charge >= 0.3 is 6.03 Å². The van der Waals surface area contributed by atoms with Crippen LogP contribution in [0, 0.1) is 0 Å². The van der Waals surface area contributed by atoms with Crippen LogP contribution in [0.3, 0.4) is 0 Å². The molecule has 0 unspecified atom stereocenters. The largest absolute Gasteiger partial charge is 0.331 e. The highest BCUT2D eigenvalue weighted by molar-refractivity contribution is 5.75. The number of urea groups is 1. The van der Waals surface area contributed by atoms with Gasteiger partial charge < -0.3 is 20.9 Å². The minimum atomic E-state index is -0.174. The van der Waals surface area contributed by atoms with Crippen LogP contribution >= 0.6 is 0 Å². The molecule has 0 bridgehead atoms. The molecule has 0 aromatic heterocycles. The first kappa shape index (κ1) is 12.6. The fourth-order valence-corrected chi connectivity index (χ4v) is 2.65. The summed E-state index contributed by atoms with van der Waals surface area (Å²) in [6.07, 6.45) is 4.18. The number of nitrogens with two attached hydrogens (primary N) is 1. The number of hydrogen-bond acceptors (Lipinski definition) is 3. The van der Waals surface area contributed by atoms with E-state index in [1.165, 1.54) is 0 Å². The second kappa shape index (κ2) is 5.23. The molecule has 2 heterocycles. The number of hydrogen-bond donors (Lipinski definition) is 2. The molecule has 2 saturated heterocycles. The Kier molecular flexibility index (Phi) is 3.89. The highest BCUT2D eigenvalue weighted by Crippen LogP contribution is 2.21. The van der Waals surface area contributed by atoms with Gasteiger partial charge in [-0.25, -0.2) is 4.79 Å². The third-order valence-electron chi connectivity index (χ3n) is 4.10. The number of piperidine rings is 1. The maximum absolute atomic E-state index is 12.1. The number of carbonyl (C=O) groups is 1. The van der Waals surface area contributed by atoms with Crippen LogP contribution in [-0.2, 0) is 0 Å². The van der Waals surface area contributed by atoms with E-state index < -0.39 is 0 Å². The lowest BCUT2D eigenvalue weighted by atomic mass is 9.88. The van der Waals surface area contributed by atoms with Crippen LogP contribution in [0.2, 0.25) is 0 Å². The van der Waals surface area contributed by atoms with Gasteiger partial charge in [0.15, 0.2) is 0 Å². The van der Waals surface area contributed by atoms with Gasteiger partial charge in [0, 0.05) is 32.7 Å². The van der Waals surface area contributed by atoms with Crippen molar-refractivity contribution in [1.82, 2.24) is 15.1 Å². The quantitative estimate of drug-likeness (QED) is 0.725. The Morgan fingerprint density at radius 1 is 1.24 bits per heavy atom. The van der Waals surface area contributed by atoms with E-state index in [1.54, 1.807) is 0 Å². The number of likely N-dealkylation sites (tertiary alicyclic amines) is 2. The molecule has 98 valence electrons. The van der Waals surface area contributed by atoms with Gasteiger partial charge in [0.05, 0.1) is 5.54 Å². The summed E-state index contributed by atoms with van der Waals surface area (Å²) in [7, 11) is 2.11. The Bertz CT molecular complexity index is 268. The number of carbonyl (C=O) groups excluding carboxylic acids is 1. The number of amides is 2. The van der Waals surface area contributed by atoms with Gasteiger partial charge in [-0.05, 0) is 32.7 Å². The van der Waals surface area contributed by atoms with E-state index in [0.29, 0.717) is 6.54 Å². The molecule has 3 N–H and O–H groups in total. The molecule has 17 heavy (non-hydrogen) atoms. The smallest absolute Gasteiger partial charge is 0.317 e. The van der Waals surface area contributed by atoms with Crippen molar-refractivity contribution in [1.29, 1.82) is 0 Å². The maximum atomic E-state index is 12.1. The van der Waals surface area contributed by atoms with Gasteiger partial charge in [-0.1, -0.05) is 0 Å². The second-order valence-electron chi connectivity index (χ2n) is 5.41. The SMILES string of the molecule is CN1CCC(CN)(NC(=O)N2CCCC2)CC1. The highest BCUT2D eigenvalue weighted by atomic mass is 16.2. The van der Waals surface area contributed by atoms with Crippen molar-refractivity contribution in [3.05, 3.63) is 0 Å². The molecule has 5 heteroatoms. The average Bonchev–Trinajstić information content (AvgIpc) is 2.86. The lowest BCUT2D eigenvalue weighted by Gasteiger charge is -2.41. The molecular formula is C12H24N4O. The Labute approximate surface area is 103 Å². The Morgan fingerprint density at radius 3 is 2.35 bits per heavy atom. The molecule has 0 aromatic carbocycles. The van der Waals surface area contributed by atoms with Crippen molar-refractivity contribution in [2.24, 2.45) is 5.73 Å². The predicted molar refractivity (Wildman–Crippen MR) is 67.9 cm³/mol. The van der Waals surface area contributed by atoms with Crippen molar-refractivity contribution >= 4 is 6.03 Å². The Balaban J connectivity index is 1.92. The fourth-order valence-electron chi connectivity index (χ4n) is 2.65. The molecule has 0 atom stereocenters. The molecule has 0 aliphatic carbocycles. The van der Waals surface area contributed by atoms with Crippen LogP contribution in [0.4, 0.5) is 4.79 Å². The molecule has 2 fully saturated rings. The minimum absolute atomic E-state index is 0.0810. The number of rotatable bonds is 2.